The molecule has 0 aromatic rings. The Morgan fingerprint density at radius 3 is 2.16 bits per heavy atom. The van der Waals surface area contributed by atoms with Crippen molar-refractivity contribution in [3.63, 3.8) is 0 Å². The minimum Gasteiger partial charge on any atom is -0.381 e. The predicted molar refractivity (Wildman–Crippen MR) is 184 cm³/mol. The van der Waals surface area contributed by atoms with E-state index in [1.807, 2.05) is 27.7 Å². The highest BCUT2D eigenvalue weighted by molar-refractivity contribution is 5.93. The number of urea groups is 1. The van der Waals surface area contributed by atoms with Gasteiger partial charge < -0.3 is 24.7 Å². The molecule has 1 aliphatic heterocycles. The molecule has 2 aliphatic carbocycles. The maximum atomic E-state index is 13.8. The van der Waals surface area contributed by atoms with Gasteiger partial charge in [0.15, 0.2) is 5.78 Å². The normalized spacial score (nSPS) is 24.3. The molecule has 280 valence electrons. The molecule has 3 fully saturated rings. The van der Waals surface area contributed by atoms with Gasteiger partial charge in [-0.05, 0) is 77.0 Å². The first-order valence-corrected chi connectivity index (χ1v) is 18.1. The number of ether oxygens (including phenoxy) is 1. The van der Waals surface area contributed by atoms with Crippen LogP contribution in [-0.4, -0.2) is 112 Å². The summed E-state index contributed by atoms with van der Waals surface area (Å²) in [4.78, 5) is 72.8. The van der Waals surface area contributed by atoms with Crippen LogP contribution in [0.4, 0.5) is 4.79 Å². The van der Waals surface area contributed by atoms with Crippen molar-refractivity contribution < 1.29 is 33.5 Å². The summed E-state index contributed by atoms with van der Waals surface area (Å²) in [6.07, 6.45) is 7.97. The zero-order chi connectivity index (χ0) is 36.3. The minimum atomic E-state index is -0.946. The number of hydrogen-bond acceptors (Lipinski definition) is 11. The zero-order valence-electron chi connectivity index (χ0n) is 30.4. The summed E-state index contributed by atoms with van der Waals surface area (Å²) in [5, 5.41) is 6.12. The minimum absolute atomic E-state index is 0.00970. The van der Waals surface area contributed by atoms with Crippen molar-refractivity contribution in [1.29, 1.82) is 0 Å². The fourth-order valence-corrected chi connectivity index (χ4v) is 7.11. The second-order valence-electron chi connectivity index (χ2n) is 15.2. The first-order chi connectivity index (χ1) is 23.1. The summed E-state index contributed by atoms with van der Waals surface area (Å²) in [7, 11) is 0. The average molecular weight is 695 g/mol. The highest BCUT2D eigenvalue weighted by Crippen LogP contribution is 2.29. The third kappa shape index (κ3) is 11.9. The van der Waals surface area contributed by atoms with Crippen molar-refractivity contribution in [2.75, 3.05) is 39.4 Å². The van der Waals surface area contributed by atoms with Crippen LogP contribution in [-0.2, 0) is 28.8 Å². The summed E-state index contributed by atoms with van der Waals surface area (Å²) < 4.78 is 5.37. The fraction of sp³-hybridized carbons (Fsp3) is 0.853. The first kappa shape index (κ1) is 40.6. The third-order valence-corrected chi connectivity index (χ3v) is 10.5. The Morgan fingerprint density at radius 1 is 0.898 bits per heavy atom. The molecule has 49 heavy (non-hydrogen) atoms. The number of Topliss-reactive ketones (excluding diaryl/α,β-unsaturated/α-hetero) is 1. The lowest BCUT2D eigenvalue weighted by molar-refractivity contribution is -0.148. The van der Waals surface area contributed by atoms with E-state index in [1.165, 1.54) is 19.8 Å². The molecule has 0 spiro atoms. The van der Waals surface area contributed by atoms with E-state index in [2.05, 4.69) is 17.1 Å². The average Bonchev–Trinajstić information content (AvgIpc) is 3.62. The van der Waals surface area contributed by atoms with Crippen molar-refractivity contribution in [2.45, 2.75) is 129 Å². The quantitative estimate of drug-likeness (QED) is 0.104. The number of carbonyl (C=O) groups excluding carboxylic acids is 5. The summed E-state index contributed by atoms with van der Waals surface area (Å²) in [6, 6.07) is -0.487. The molecule has 4 amide bonds. The van der Waals surface area contributed by atoms with Crippen LogP contribution in [0.15, 0.2) is 0 Å². The lowest BCUT2D eigenvalue weighted by Gasteiger charge is -2.41. The number of nitrogens with zero attached hydrogens (tertiary/aromatic N) is 4. The van der Waals surface area contributed by atoms with E-state index < -0.39 is 17.4 Å². The van der Waals surface area contributed by atoms with Crippen molar-refractivity contribution in [3.8, 4) is 0 Å². The molecule has 7 N–H and O–H groups in total. The van der Waals surface area contributed by atoms with Gasteiger partial charge in [-0.1, -0.05) is 33.6 Å². The number of nitrogens with two attached hydrogens (primary N) is 3. The van der Waals surface area contributed by atoms with Gasteiger partial charge in [-0.25, -0.2) is 16.5 Å². The van der Waals surface area contributed by atoms with E-state index in [-0.39, 0.29) is 80.3 Å². The third-order valence-electron chi connectivity index (χ3n) is 10.5. The molecule has 15 nitrogen and oxygen atoms in total. The van der Waals surface area contributed by atoms with Gasteiger partial charge in [0.1, 0.15) is 0 Å². The maximum absolute atomic E-state index is 13.8. The predicted octanol–water partition coefficient (Wildman–Crippen LogP) is 1.83. The summed E-state index contributed by atoms with van der Waals surface area (Å²) in [5.74, 6) is 16.3. The molecule has 0 aromatic carbocycles. The zero-order valence-corrected chi connectivity index (χ0v) is 30.4. The second kappa shape index (κ2) is 18.9. The largest absolute Gasteiger partial charge is 0.381 e. The van der Waals surface area contributed by atoms with E-state index in [4.69, 9.17) is 22.3 Å². The molecule has 15 heteroatoms. The highest BCUT2D eigenvalue weighted by atomic mass is 16.7. The number of rotatable bonds is 16. The van der Waals surface area contributed by atoms with Crippen LogP contribution < -0.4 is 22.9 Å². The summed E-state index contributed by atoms with van der Waals surface area (Å²) >= 11 is 0. The van der Waals surface area contributed by atoms with Crippen molar-refractivity contribution in [1.82, 2.24) is 25.1 Å². The molecule has 3 rings (SSSR count). The van der Waals surface area contributed by atoms with Crippen LogP contribution in [0.5, 0.6) is 0 Å². The van der Waals surface area contributed by atoms with E-state index in [9.17, 15) is 24.0 Å². The van der Waals surface area contributed by atoms with Gasteiger partial charge in [0, 0.05) is 25.7 Å². The van der Waals surface area contributed by atoms with Crippen LogP contribution >= 0.6 is 0 Å². The molecule has 3 unspecified atom stereocenters. The van der Waals surface area contributed by atoms with Crippen molar-refractivity contribution in [2.24, 2.45) is 35.3 Å². The Hall–Kier alpha value is -2.85. The molecule has 0 aromatic heterocycles. The highest BCUT2D eigenvalue weighted by Gasteiger charge is 2.38. The molecule has 1 heterocycles. The molecule has 0 bridgehead atoms. The molecular formula is C34H62N8O7. The van der Waals surface area contributed by atoms with Gasteiger partial charge in [-0.2, -0.15) is 5.90 Å². The van der Waals surface area contributed by atoms with Crippen LogP contribution in [0.3, 0.4) is 0 Å². The van der Waals surface area contributed by atoms with E-state index >= 15 is 0 Å². The molecule has 3 atom stereocenters. The van der Waals surface area contributed by atoms with Crippen LogP contribution in [0, 0.1) is 17.8 Å². The molecule has 1 saturated heterocycles. The molecule has 0 radical (unpaired) electrons. The molecule has 3 aliphatic rings. The van der Waals surface area contributed by atoms with Crippen molar-refractivity contribution in [3.05, 3.63) is 0 Å². The van der Waals surface area contributed by atoms with Gasteiger partial charge in [0.05, 0.1) is 49.7 Å². The topological polar surface area (TPSA) is 207 Å². The number of hydrogen-bond donors (Lipinski definition) is 4. The Morgan fingerprint density at radius 2 is 1.57 bits per heavy atom. The second-order valence-corrected chi connectivity index (χ2v) is 15.2. The van der Waals surface area contributed by atoms with Gasteiger partial charge in [0.2, 0.25) is 11.8 Å². The maximum Gasteiger partial charge on any atom is 0.348 e. The van der Waals surface area contributed by atoms with Gasteiger partial charge >= 0.3 is 12.0 Å². The smallest absolute Gasteiger partial charge is 0.348 e. The Labute approximate surface area is 291 Å². The summed E-state index contributed by atoms with van der Waals surface area (Å²) in [6.45, 7) is 10.5. The van der Waals surface area contributed by atoms with E-state index in [0.717, 1.165) is 38.5 Å². The van der Waals surface area contributed by atoms with Crippen LogP contribution in [0.2, 0.25) is 0 Å². The number of nitrogens with one attached hydrogen (secondary N) is 1. The Balaban J connectivity index is 1.59. The Bertz CT molecular complexity index is 1120. The number of carbonyl (C=O) groups is 5. The molecule has 2 saturated carbocycles. The fourth-order valence-electron chi connectivity index (χ4n) is 7.11. The lowest BCUT2D eigenvalue weighted by atomic mass is 9.85. The van der Waals surface area contributed by atoms with Crippen LogP contribution in [0.1, 0.15) is 105 Å². The standard InChI is InChI=1S/C34H62N8O7/c1-23(2)14-17-39(30(44)21-40(18-15-31(45)49-37)32(46)25-16-19-48-22-25)20-29(43)34(4,5)38-26-10-12-27(13-11-26)41(35)33(47)42(36)28-9-7-6-8-24(28)3/h23-28,38H,6-22,35-37H2,1-5H3. The monoisotopic (exact) mass is 694 g/mol. The van der Waals surface area contributed by atoms with E-state index in [1.54, 1.807) is 0 Å². The first-order valence-electron chi connectivity index (χ1n) is 18.1. The van der Waals surface area contributed by atoms with E-state index in [0.29, 0.717) is 44.8 Å². The molecular weight excluding hydrogens is 632 g/mol. The van der Waals surface area contributed by atoms with Gasteiger partial charge in [0.25, 0.3) is 0 Å². The van der Waals surface area contributed by atoms with Gasteiger partial charge in [-0.3, -0.25) is 29.2 Å². The number of amides is 4. The SMILES string of the molecule is CC(C)CCN(CC(=O)C(C)(C)NC1CCC(N(N)C(=O)N(N)C2CCCCC2C)CC1)C(=O)CN(CCC(=O)ON)C(=O)C1CCOC1. The van der Waals surface area contributed by atoms with Crippen molar-refractivity contribution >= 4 is 29.6 Å². The summed E-state index contributed by atoms with van der Waals surface area (Å²) in [5.41, 5.74) is -0.946. The number of ketones is 1. The Kier molecular flexibility index (Phi) is 15.7. The van der Waals surface area contributed by atoms with Crippen LogP contribution in [0.25, 0.3) is 0 Å². The number of hydrazine groups is 2. The van der Waals surface area contributed by atoms with Gasteiger partial charge in [-0.15, -0.1) is 0 Å². The lowest BCUT2D eigenvalue weighted by Crippen LogP contribution is -2.60.